The smallest absolute Gasteiger partial charge is 0.235 e. The zero-order valence-electron chi connectivity index (χ0n) is 10.9. The molecule has 19 heavy (non-hydrogen) atoms. The van der Waals surface area contributed by atoms with Gasteiger partial charge in [0.15, 0.2) is 0 Å². The lowest BCUT2D eigenvalue weighted by Gasteiger charge is -2.18. The molecular weight excluding hydrogens is 262 g/mol. The maximum Gasteiger partial charge on any atom is 0.235 e. The second kappa shape index (κ2) is 5.64. The lowest BCUT2D eigenvalue weighted by Crippen LogP contribution is -2.25. The van der Waals surface area contributed by atoms with Crippen molar-refractivity contribution in [3.05, 3.63) is 29.3 Å². The van der Waals surface area contributed by atoms with E-state index in [1.54, 1.807) is 6.07 Å². The highest BCUT2D eigenvalue weighted by molar-refractivity contribution is 7.93. The SMILES string of the molecule is Cc1ccc(N2CCCS2(=O)=O)c(C#CCCO)c1. The number of nitrogens with zero attached hydrogens (tertiary/aromatic N) is 1. The Morgan fingerprint density at radius 3 is 2.84 bits per heavy atom. The number of anilines is 1. The number of sulfonamides is 1. The number of rotatable bonds is 2. The lowest BCUT2D eigenvalue weighted by atomic mass is 10.1. The molecule has 0 radical (unpaired) electrons. The molecule has 1 saturated heterocycles. The predicted molar refractivity (Wildman–Crippen MR) is 75.5 cm³/mol. The largest absolute Gasteiger partial charge is 0.395 e. The molecule has 1 N–H and O–H groups in total. The van der Waals surface area contributed by atoms with Gasteiger partial charge in [-0.3, -0.25) is 4.31 Å². The predicted octanol–water partition coefficient (Wildman–Crippen LogP) is 1.27. The van der Waals surface area contributed by atoms with Crippen LogP contribution in [0.5, 0.6) is 0 Å². The van der Waals surface area contributed by atoms with E-state index in [0.29, 0.717) is 30.6 Å². The highest BCUT2D eigenvalue weighted by Crippen LogP contribution is 2.28. The summed E-state index contributed by atoms with van der Waals surface area (Å²) in [6.07, 6.45) is 1.04. The topological polar surface area (TPSA) is 57.6 Å². The summed E-state index contributed by atoms with van der Waals surface area (Å²) in [5.41, 5.74) is 2.39. The molecule has 4 nitrogen and oxygen atoms in total. The Labute approximate surface area is 114 Å². The second-order valence-electron chi connectivity index (χ2n) is 4.54. The van der Waals surface area contributed by atoms with Crippen LogP contribution >= 0.6 is 0 Å². The first kappa shape index (κ1) is 13.9. The van der Waals surface area contributed by atoms with Crippen LogP contribution in [0.2, 0.25) is 0 Å². The van der Waals surface area contributed by atoms with Crippen molar-refractivity contribution in [3.8, 4) is 11.8 Å². The van der Waals surface area contributed by atoms with Crippen LogP contribution in [0.4, 0.5) is 5.69 Å². The van der Waals surface area contributed by atoms with E-state index < -0.39 is 10.0 Å². The summed E-state index contributed by atoms with van der Waals surface area (Å²) < 4.78 is 25.4. The van der Waals surface area contributed by atoms with Crippen LogP contribution in [0.3, 0.4) is 0 Å². The molecule has 1 aliphatic heterocycles. The van der Waals surface area contributed by atoms with Crippen molar-refractivity contribution in [3.63, 3.8) is 0 Å². The molecule has 0 aliphatic carbocycles. The van der Waals surface area contributed by atoms with E-state index in [1.165, 1.54) is 4.31 Å². The molecule has 0 saturated carbocycles. The molecule has 0 atom stereocenters. The molecule has 0 bridgehead atoms. The summed E-state index contributed by atoms with van der Waals surface area (Å²) in [5.74, 6) is 6.00. The Morgan fingerprint density at radius 2 is 2.21 bits per heavy atom. The lowest BCUT2D eigenvalue weighted by molar-refractivity contribution is 0.305. The van der Waals surface area contributed by atoms with Crippen molar-refractivity contribution >= 4 is 15.7 Å². The van der Waals surface area contributed by atoms with Crippen LogP contribution in [0, 0.1) is 18.8 Å². The van der Waals surface area contributed by atoms with Gasteiger partial charge in [0, 0.05) is 18.5 Å². The van der Waals surface area contributed by atoms with E-state index >= 15 is 0 Å². The van der Waals surface area contributed by atoms with E-state index in [1.807, 2.05) is 19.1 Å². The van der Waals surface area contributed by atoms with Gasteiger partial charge in [0.25, 0.3) is 0 Å². The Kier molecular flexibility index (Phi) is 4.13. The van der Waals surface area contributed by atoms with E-state index in [9.17, 15) is 8.42 Å². The summed E-state index contributed by atoms with van der Waals surface area (Å²) in [6, 6.07) is 5.58. The fourth-order valence-electron chi connectivity index (χ4n) is 2.09. The molecule has 1 aromatic carbocycles. The minimum absolute atomic E-state index is 0.0101. The summed E-state index contributed by atoms with van der Waals surface area (Å²) in [7, 11) is -3.19. The molecule has 5 heteroatoms. The molecule has 0 aromatic heterocycles. The van der Waals surface area contributed by atoms with Crippen LogP contribution in [0.1, 0.15) is 24.0 Å². The van der Waals surface area contributed by atoms with Gasteiger partial charge in [0.2, 0.25) is 10.0 Å². The molecular formula is C14H17NO3S. The van der Waals surface area contributed by atoms with Gasteiger partial charge < -0.3 is 5.11 Å². The first-order valence-electron chi connectivity index (χ1n) is 6.25. The average Bonchev–Trinajstić information content (AvgIpc) is 2.70. The van der Waals surface area contributed by atoms with Gasteiger partial charge in [0.1, 0.15) is 0 Å². The third kappa shape index (κ3) is 3.09. The minimum Gasteiger partial charge on any atom is -0.395 e. The Hall–Kier alpha value is -1.51. The number of aliphatic hydroxyl groups excluding tert-OH is 1. The van der Waals surface area contributed by atoms with Crippen LogP contribution in [-0.4, -0.2) is 32.4 Å². The van der Waals surface area contributed by atoms with Crippen molar-refractivity contribution < 1.29 is 13.5 Å². The Morgan fingerprint density at radius 1 is 1.42 bits per heavy atom. The molecule has 0 unspecified atom stereocenters. The summed E-state index contributed by atoms with van der Waals surface area (Å²) in [4.78, 5) is 0. The van der Waals surface area contributed by atoms with Crippen LogP contribution < -0.4 is 4.31 Å². The fraction of sp³-hybridized carbons (Fsp3) is 0.429. The van der Waals surface area contributed by atoms with Crippen LogP contribution in [0.25, 0.3) is 0 Å². The van der Waals surface area contributed by atoms with Crippen molar-refractivity contribution in [2.24, 2.45) is 0 Å². The standard InChI is InChI=1S/C14H17NO3S/c1-12-6-7-14(13(11-12)5-2-3-9-16)15-8-4-10-19(15,17)18/h6-7,11,16H,3-4,8-10H2,1H3. The summed E-state index contributed by atoms with van der Waals surface area (Å²) >= 11 is 0. The van der Waals surface area contributed by atoms with E-state index in [-0.39, 0.29) is 12.4 Å². The fourth-order valence-corrected chi connectivity index (χ4v) is 3.67. The Balaban J connectivity index is 2.43. The maximum absolute atomic E-state index is 12.0. The quantitative estimate of drug-likeness (QED) is 0.829. The number of benzene rings is 1. The van der Waals surface area contributed by atoms with Gasteiger partial charge in [-0.1, -0.05) is 17.9 Å². The van der Waals surface area contributed by atoms with Crippen molar-refractivity contribution in [2.45, 2.75) is 19.8 Å². The molecule has 1 aliphatic rings. The third-order valence-electron chi connectivity index (χ3n) is 2.98. The third-order valence-corrected chi connectivity index (χ3v) is 4.84. The highest BCUT2D eigenvalue weighted by atomic mass is 32.2. The van der Waals surface area contributed by atoms with Gasteiger partial charge in [-0.25, -0.2) is 8.42 Å². The van der Waals surface area contributed by atoms with Gasteiger partial charge >= 0.3 is 0 Å². The zero-order chi connectivity index (χ0) is 13.9. The van der Waals surface area contributed by atoms with Gasteiger partial charge in [0.05, 0.1) is 18.0 Å². The monoisotopic (exact) mass is 279 g/mol. The normalized spacial score (nSPS) is 17.1. The van der Waals surface area contributed by atoms with Crippen LogP contribution in [0.15, 0.2) is 18.2 Å². The average molecular weight is 279 g/mol. The molecule has 1 heterocycles. The van der Waals surface area contributed by atoms with Crippen molar-refractivity contribution in [2.75, 3.05) is 23.2 Å². The summed E-state index contributed by atoms with van der Waals surface area (Å²) in [6.45, 7) is 2.47. The van der Waals surface area contributed by atoms with E-state index in [2.05, 4.69) is 11.8 Å². The number of aliphatic hydroxyl groups is 1. The van der Waals surface area contributed by atoms with Gasteiger partial charge in [-0.15, -0.1) is 0 Å². The number of aryl methyl sites for hydroxylation is 1. The van der Waals surface area contributed by atoms with Crippen molar-refractivity contribution in [1.82, 2.24) is 0 Å². The minimum atomic E-state index is -3.19. The molecule has 0 amide bonds. The van der Waals surface area contributed by atoms with E-state index in [0.717, 1.165) is 5.56 Å². The van der Waals surface area contributed by atoms with Gasteiger partial charge in [-0.2, -0.15) is 0 Å². The summed E-state index contributed by atoms with van der Waals surface area (Å²) in [5, 5.41) is 8.75. The maximum atomic E-state index is 12.0. The van der Waals surface area contributed by atoms with Crippen molar-refractivity contribution in [1.29, 1.82) is 0 Å². The first-order chi connectivity index (χ1) is 9.04. The van der Waals surface area contributed by atoms with Gasteiger partial charge in [-0.05, 0) is 31.0 Å². The molecule has 0 spiro atoms. The number of hydrogen-bond acceptors (Lipinski definition) is 3. The molecule has 102 valence electrons. The van der Waals surface area contributed by atoms with E-state index in [4.69, 9.17) is 5.11 Å². The molecule has 1 aromatic rings. The zero-order valence-corrected chi connectivity index (χ0v) is 11.7. The first-order valence-corrected chi connectivity index (χ1v) is 7.86. The highest BCUT2D eigenvalue weighted by Gasteiger charge is 2.29. The second-order valence-corrected chi connectivity index (χ2v) is 6.55. The Bertz CT molecular complexity index is 626. The molecule has 1 fully saturated rings. The van der Waals surface area contributed by atoms with Crippen LogP contribution in [-0.2, 0) is 10.0 Å². The molecule has 2 rings (SSSR count). The number of hydrogen-bond donors (Lipinski definition) is 1.